The maximum Gasteiger partial charge on any atom is 0.263 e. The summed E-state index contributed by atoms with van der Waals surface area (Å²) in [7, 11) is -3.70. The van der Waals surface area contributed by atoms with E-state index < -0.39 is 10.0 Å². The minimum Gasteiger partial charge on any atom is -0.266 e. The highest BCUT2D eigenvalue weighted by Gasteiger charge is 2.15. The second-order valence-electron chi connectivity index (χ2n) is 5.09. The molecule has 2 aromatic carbocycles. The Morgan fingerprint density at radius 3 is 2.46 bits per heavy atom. The van der Waals surface area contributed by atoms with Crippen LogP contribution in [0.4, 0.5) is 5.82 Å². The highest BCUT2D eigenvalue weighted by Crippen LogP contribution is 2.18. The number of hydrogen-bond acceptors (Lipinski definition) is 3. The fourth-order valence-corrected chi connectivity index (χ4v) is 3.47. The molecule has 0 radical (unpaired) electrons. The van der Waals surface area contributed by atoms with Crippen LogP contribution < -0.4 is 4.72 Å². The van der Waals surface area contributed by atoms with Crippen LogP contribution in [0.5, 0.6) is 0 Å². The second kappa shape index (κ2) is 6.84. The first-order valence-electron chi connectivity index (χ1n) is 6.99. The van der Waals surface area contributed by atoms with Crippen molar-refractivity contribution in [2.24, 2.45) is 0 Å². The topological polar surface area (TPSA) is 64.0 Å². The molecular formula is C16H13Cl2N3O2S. The first-order valence-corrected chi connectivity index (χ1v) is 9.22. The van der Waals surface area contributed by atoms with Crippen LogP contribution in [0.2, 0.25) is 10.0 Å². The third-order valence-corrected chi connectivity index (χ3v) is 5.09. The summed E-state index contributed by atoms with van der Waals surface area (Å²) in [6.07, 6.45) is 1.70. The molecule has 0 aliphatic carbocycles. The summed E-state index contributed by atoms with van der Waals surface area (Å²) in [5.41, 5.74) is 0.970. The van der Waals surface area contributed by atoms with Gasteiger partial charge in [-0.05, 0) is 42.0 Å². The molecule has 24 heavy (non-hydrogen) atoms. The number of hydrogen-bond donors (Lipinski definition) is 1. The molecule has 1 aromatic heterocycles. The predicted molar refractivity (Wildman–Crippen MR) is 95.0 cm³/mol. The zero-order valence-electron chi connectivity index (χ0n) is 12.4. The van der Waals surface area contributed by atoms with Gasteiger partial charge in [0.2, 0.25) is 0 Å². The number of anilines is 1. The van der Waals surface area contributed by atoms with Gasteiger partial charge in [-0.2, -0.15) is 5.10 Å². The van der Waals surface area contributed by atoms with Gasteiger partial charge >= 0.3 is 0 Å². The average molecular weight is 382 g/mol. The quantitative estimate of drug-likeness (QED) is 0.725. The van der Waals surface area contributed by atoms with E-state index in [1.54, 1.807) is 23.0 Å². The van der Waals surface area contributed by atoms with E-state index in [-0.39, 0.29) is 10.7 Å². The van der Waals surface area contributed by atoms with E-state index in [2.05, 4.69) is 9.82 Å². The monoisotopic (exact) mass is 381 g/mol. The summed E-state index contributed by atoms with van der Waals surface area (Å²) in [6.45, 7) is 0.489. The molecule has 0 saturated carbocycles. The van der Waals surface area contributed by atoms with Crippen LogP contribution >= 0.6 is 23.2 Å². The molecule has 124 valence electrons. The number of sulfonamides is 1. The summed E-state index contributed by atoms with van der Waals surface area (Å²) in [6, 6.07) is 14.9. The van der Waals surface area contributed by atoms with Gasteiger partial charge in [0.15, 0.2) is 5.82 Å². The molecule has 0 aliphatic heterocycles. The number of nitrogens with zero attached hydrogens (tertiary/aromatic N) is 2. The minimum absolute atomic E-state index is 0.122. The second-order valence-corrected chi connectivity index (χ2v) is 7.64. The Morgan fingerprint density at radius 2 is 1.75 bits per heavy atom. The third-order valence-electron chi connectivity index (χ3n) is 3.24. The lowest BCUT2D eigenvalue weighted by molar-refractivity contribution is 0.600. The molecule has 0 atom stereocenters. The van der Waals surface area contributed by atoms with E-state index in [1.807, 2.05) is 18.2 Å². The molecule has 0 spiro atoms. The molecule has 0 saturated heterocycles. The Kier molecular flexibility index (Phi) is 4.80. The van der Waals surface area contributed by atoms with Crippen molar-refractivity contribution in [3.05, 3.63) is 76.4 Å². The molecular weight excluding hydrogens is 369 g/mol. The summed E-state index contributed by atoms with van der Waals surface area (Å²) in [5.74, 6) is 0.243. The molecule has 0 aliphatic rings. The van der Waals surface area contributed by atoms with Crippen molar-refractivity contribution in [3.8, 4) is 0 Å². The summed E-state index contributed by atoms with van der Waals surface area (Å²) < 4.78 is 28.7. The zero-order chi connectivity index (χ0) is 17.2. The number of halogens is 2. The molecule has 0 bridgehead atoms. The van der Waals surface area contributed by atoms with Gasteiger partial charge in [-0.25, -0.2) is 8.42 Å². The van der Waals surface area contributed by atoms with Gasteiger partial charge in [0.1, 0.15) is 0 Å². The van der Waals surface area contributed by atoms with Gasteiger partial charge < -0.3 is 0 Å². The predicted octanol–water partition coefficient (Wildman–Crippen LogP) is 4.04. The largest absolute Gasteiger partial charge is 0.266 e. The lowest BCUT2D eigenvalue weighted by atomic mass is 10.2. The first kappa shape index (κ1) is 16.8. The standard InChI is InChI=1S/C16H13Cl2N3O2S/c17-13-4-6-15(7-5-13)24(22,23)20-16-8-9-21(19-16)11-12-2-1-3-14(18)10-12/h1-10H,11H2,(H,19,20). The summed E-state index contributed by atoms with van der Waals surface area (Å²) >= 11 is 11.7. The van der Waals surface area contributed by atoms with Crippen LogP contribution in [0.15, 0.2) is 65.7 Å². The SMILES string of the molecule is O=S(=O)(Nc1ccn(Cc2cccc(Cl)c2)n1)c1ccc(Cl)cc1. The molecule has 3 aromatic rings. The van der Waals surface area contributed by atoms with Crippen molar-refractivity contribution >= 4 is 39.0 Å². The summed E-state index contributed by atoms with van der Waals surface area (Å²) in [5, 5.41) is 5.33. The smallest absolute Gasteiger partial charge is 0.263 e. The lowest BCUT2D eigenvalue weighted by Crippen LogP contribution is -2.13. The van der Waals surface area contributed by atoms with Crippen molar-refractivity contribution in [2.45, 2.75) is 11.4 Å². The first-order chi connectivity index (χ1) is 11.4. The van der Waals surface area contributed by atoms with Crippen molar-refractivity contribution in [1.29, 1.82) is 0 Å². The highest BCUT2D eigenvalue weighted by atomic mass is 35.5. The lowest BCUT2D eigenvalue weighted by Gasteiger charge is -2.06. The van der Waals surface area contributed by atoms with Crippen LogP contribution in [-0.2, 0) is 16.6 Å². The number of aromatic nitrogens is 2. The fraction of sp³-hybridized carbons (Fsp3) is 0.0625. The normalized spacial score (nSPS) is 11.4. The summed E-state index contributed by atoms with van der Waals surface area (Å²) in [4.78, 5) is 0.122. The maximum absolute atomic E-state index is 12.3. The van der Waals surface area contributed by atoms with E-state index in [1.165, 1.54) is 24.3 Å². The van der Waals surface area contributed by atoms with Gasteiger partial charge in [-0.3, -0.25) is 9.40 Å². The van der Waals surface area contributed by atoms with E-state index in [0.717, 1.165) is 5.56 Å². The van der Waals surface area contributed by atoms with Crippen molar-refractivity contribution < 1.29 is 8.42 Å². The highest BCUT2D eigenvalue weighted by molar-refractivity contribution is 7.92. The molecule has 5 nitrogen and oxygen atoms in total. The molecule has 0 amide bonds. The van der Waals surface area contributed by atoms with Crippen molar-refractivity contribution in [2.75, 3.05) is 4.72 Å². The number of benzene rings is 2. The molecule has 0 unspecified atom stereocenters. The van der Waals surface area contributed by atoms with E-state index in [0.29, 0.717) is 16.6 Å². The van der Waals surface area contributed by atoms with Crippen LogP contribution in [-0.4, -0.2) is 18.2 Å². The molecule has 0 fully saturated rings. The van der Waals surface area contributed by atoms with Gasteiger partial charge in [-0.1, -0.05) is 35.3 Å². The Bertz CT molecular complexity index is 953. The Balaban J connectivity index is 1.75. The third kappa shape index (κ3) is 4.08. The molecule has 1 N–H and O–H groups in total. The van der Waals surface area contributed by atoms with Crippen molar-refractivity contribution in [1.82, 2.24) is 9.78 Å². The van der Waals surface area contributed by atoms with Crippen molar-refractivity contribution in [3.63, 3.8) is 0 Å². The van der Waals surface area contributed by atoms with Crippen LogP contribution in [0.1, 0.15) is 5.56 Å². The minimum atomic E-state index is -3.70. The van der Waals surface area contributed by atoms with Crippen LogP contribution in [0.25, 0.3) is 0 Å². The zero-order valence-corrected chi connectivity index (χ0v) is 14.7. The Labute approximate surface area is 149 Å². The van der Waals surface area contributed by atoms with Gasteiger partial charge in [0.05, 0.1) is 11.4 Å². The van der Waals surface area contributed by atoms with Crippen LogP contribution in [0, 0.1) is 0 Å². The number of nitrogens with one attached hydrogen (secondary N) is 1. The number of rotatable bonds is 5. The van der Waals surface area contributed by atoms with E-state index in [4.69, 9.17) is 23.2 Å². The average Bonchev–Trinajstić information content (AvgIpc) is 2.94. The molecule has 3 rings (SSSR count). The Morgan fingerprint density at radius 1 is 1.00 bits per heavy atom. The van der Waals surface area contributed by atoms with Gasteiger partial charge in [0.25, 0.3) is 10.0 Å². The van der Waals surface area contributed by atoms with Crippen LogP contribution in [0.3, 0.4) is 0 Å². The Hall–Kier alpha value is -2.02. The van der Waals surface area contributed by atoms with E-state index >= 15 is 0 Å². The maximum atomic E-state index is 12.3. The molecule has 8 heteroatoms. The van der Waals surface area contributed by atoms with E-state index in [9.17, 15) is 8.42 Å². The van der Waals surface area contributed by atoms with Gasteiger partial charge in [0, 0.05) is 22.3 Å². The molecule has 1 heterocycles. The van der Waals surface area contributed by atoms with Gasteiger partial charge in [-0.15, -0.1) is 0 Å². The fourth-order valence-electron chi connectivity index (χ4n) is 2.14.